The first kappa shape index (κ1) is 44.0. The number of ether oxygens (including phenoxy) is 3. The number of carboxylic acids is 1. The zero-order valence-corrected chi connectivity index (χ0v) is 30.2. The zero-order valence-electron chi connectivity index (χ0n) is 30.2. The van der Waals surface area contributed by atoms with E-state index in [1.165, 1.54) is 0 Å². The summed E-state index contributed by atoms with van der Waals surface area (Å²) < 4.78 is 17.0. The van der Waals surface area contributed by atoms with Gasteiger partial charge in [-0.15, -0.1) is 0 Å². The van der Waals surface area contributed by atoms with Crippen LogP contribution >= 0.6 is 0 Å². The van der Waals surface area contributed by atoms with E-state index in [0.29, 0.717) is 12.8 Å². The third-order valence-electron chi connectivity index (χ3n) is 7.43. The van der Waals surface area contributed by atoms with Gasteiger partial charge >= 0.3 is 17.9 Å². The molecule has 268 valence electrons. The van der Waals surface area contributed by atoms with Crippen molar-refractivity contribution in [2.75, 3.05) is 41.0 Å². The van der Waals surface area contributed by atoms with E-state index >= 15 is 0 Å². The van der Waals surface area contributed by atoms with Crippen molar-refractivity contribution in [2.45, 2.75) is 129 Å². The summed E-state index contributed by atoms with van der Waals surface area (Å²) in [5.74, 6) is -1.54. The van der Waals surface area contributed by atoms with E-state index in [9.17, 15) is 19.5 Å². The normalized spacial score (nSPS) is 13.8. The maximum atomic E-state index is 12.6. The average molecular weight is 661 g/mol. The van der Waals surface area contributed by atoms with Gasteiger partial charge in [-0.25, -0.2) is 4.79 Å². The molecule has 0 aromatic heterocycles. The first-order chi connectivity index (χ1) is 22.6. The molecule has 2 atom stereocenters. The summed E-state index contributed by atoms with van der Waals surface area (Å²) in [5.41, 5.74) is 0. The Balaban J connectivity index is 4.36. The molecule has 0 aliphatic heterocycles. The summed E-state index contributed by atoms with van der Waals surface area (Å²) in [5, 5.41) is 9.53. The van der Waals surface area contributed by atoms with Crippen LogP contribution in [0.2, 0.25) is 0 Å². The van der Waals surface area contributed by atoms with Crippen LogP contribution in [0.1, 0.15) is 117 Å². The fraction of sp³-hybridized carbons (Fsp3) is 0.667. The largest absolute Gasteiger partial charge is 0.477 e. The van der Waals surface area contributed by atoms with Crippen molar-refractivity contribution in [3.05, 3.63) is 60.8 Å². The summed E-state index contributed by atoms with van der Waals surface area (Å²) in [6, 6.07) is -0.619. The number of carboxylic acid groups (broad SMARTS) is 1. The number of unbranched alkanes of at least 4 members (excludes halogenated alkanes) is 6. The zero-order chi connectivity index (χ0) is 35.0. The molecule has 0 aromatic carbocycles. The maximum Gasteiger partial charge on any atom is 0.362 e. The lowest BCUT2D eigenvalue weighted by Crippen LogP contribution is -2.50. The van der Waals surface area contributed by atoms with E-state index in [1.54, 1.807) is 0 Å². The van der Waals surface area contributed by atoms with Crippen molar-refractivity contribution in [2.24, 2.45) is 0 Å². The van der Waals surface area contributed by atoms with E-state index in [4.69, 9.17) is 14.2 Å². The quantitative estimate of drug-likeness (QED) is 0.0356. The summed E-state index contributed by atoms with van der Waals surface area (Å²) >= 11 is 0. The van der Waals surface area contributed by atoms with Gasteiger partial charge in [0.05, 0.1) is 34.4 Å². The van der Waals surface area contributed by atoms with Crippen LogP contribution in [-0.2, 0) is 28.6 Å². The van der Waals surface area contributed by atoms with Crippen molar-refractivity contribution in [3.63, 3.8) is 0 Å². The van der Waals surface area contributed by atoms with E-state index in [-0.39, 0.29) is 42.7 Å². The molecule has 0 amide bonds. The van der Waals surface area contributed by atoms with Gasteiger partial charge in [-0.1, -0.05) is 100 Å². The maximum absolute atomic E-state index is 12.6. The number of likely N-dealkylation sites (N-methyl/N-ethyl adjacent to an activating group) is 1. The van der Waals surface area contributed by atoms with Gasteiger partial charge in [0.15, 0.2) is 12.1 Å². The Morgan fingerprint density at radius 3 is 1.72 bits per heavy atom. The van der Waals surface area contributed by atoms with Crippen LogP contribution in [0, 0.1) is 0 Å². The molecule has 8 nitrogen and oxygen atoms in total. The fourth-order valence-electron chi connectivity index (χ4n) is 4.64. The number of aliphatic carboxylic acids is 1. The second-order valence-corrected chi connectivity index (χ2v) is 12.7. The molecule has 0 heterocycles. The number of rotatable bonds is 30. The molecule has 1 N–H and O–H groups in total. The highest BCUT2D eigenvalue weighted by Gasteiger charge is 2.31. The summed E-state index contributed by atoms with van der Waals surface area (Å²) in [6.45, 7) is 4.43. The molecule has 0 aliphatic rings. The number of hydrogen-bond donors (Lipinski definition) is 1. The van der Waals surface area contributed by atoms with Crippen molar-refractivity contribution in [1.82, 2.24) is 0 Å². The number of hydrogen-bond acceptors (Lipinski definition) is 6. The highest BCUT2D eigenvalue weighted by Crippen LogP contribution is 2.11. The molecule has 2 unspecified atom stereocenters. The minimum atomic E-state index is -0.887. The van der Waals surface area contributed by atoms with Crippen LogP contribution in [0.3, 0.4) is 0 Å². The lowest BCUT2D eigenvalue weighted by molar-refractivity contribution is -0.887. The molecule has 0 radical (unpaired) electrons. The first-order valence-electron chi connectivity index (χ1n) is 17.8. The van der Waals surface area contributed by atoms with Crippen molar-refractivity contribution < 1.29 is 38.2 Å². The molecule has 0 rings (SSSR count). The fourth-order valence-corrected chi connectivity index (χ4v) is 4.64. The number of nitrogens with zero attached hydrogens (tertiary/aromatic N) is 1. The second kappa shape index (κ2) is 30.4. The van der Waals surface area contributed by atoms with Gasteiger partial charge < -0.3 is 23.8 Å². The molecule has 0 saturated carbocycles. The van der Waals surface area contributed by atoms with Gasteiger partial charge in [-0.2, -0.15) is 0 Å². The van der Waals surface area contributed by atoms with Crippen molar-refractivity contribution >= 4 is 17.9 Å². The molecule has 0 bridgehead atoms. The van der Waals surface area contributed by atoms with Crippen molar-refractivity contribution in [1.29, 1.82) is 0 Å². The van der Waals surface area contributed by atoms with Crippen LogP contribution < -0.4 is 0 Å². The number of carbonyl (C=O) groups excluding carboxylic acids is 2. The Hall–Kier alpha value is -2.97. The number of carbonyl (C=O) groups is 3. The first-order valence-corrected chi connectivity index (χ1v) is 17.8. The Kier molecular flexibility index (Phi) is 28.4. The minimum Gasteiger partial charge on any atom is -0.477 e. The monoisotopic (exact) mass is 660 g/mol. The van der Waals surface area contributed by atoms with Crippen molar-refractivity contribution in [3.8, 4) is 0 Å². The predicted molar refractivity (Wildman–Crippen MR) is 192 cm³/mol. The molecule has 0 spiro atoms. The van der Waals surface area contributed by atoms with Gasteiger partial charge in [-0.05, 0) is 57.8 Å². The van der Waals surface area contributed by atoms with E-state index in [1.807, 2.05) is 21.1 Å². The number of allylic oxidation sites excluding steroid dienone is 10. The molecule has 8 heteroatoms. The van der Waals surface area contributed by atoms with Gasteiger partial charge in [0.1, 0.15) is 6.61 Å². The second-order valence-electron chi connectivity index (χ2n) is 12.7. The lowest BCUT2D eigenvalue weighted by atomic mass is 10.1. The summed E-state index contributed by atoms with van der Waals surface area (Å²) in [4.78, 5) is 36.4. The Labute approximate surface area is 286 Å². The van der Waals surface area contributed by atoms with Crippen LogP contribution in [0.25, 0.3) is 0 Å². The van der Waals surface area contributed by atoms with Gasteiger partial charge in [-0.3, -0.25) is 9.59 Å². The van der Waals surface area contributed by atoms with Gasteiger partial charge in [0.25, 0.3) is 0 Å². The summed E-state index contributed by atoms with van der Waals surface area (Å²) in [7, 11) is 5.48. The third kappa shape index (κ3) is 28.9. The molecular formula is C39H66NO7+. The standard InChI is InChI=1S/C39H65NO7/c1-6-8-10-12-13-14-15-16-17-18-19-20-21-22-23-24-25-26-28-30-38(42)47-35(34-46-37(41)29-27-11-9-7-2)33-45-32-31-36(39(43)44)40(3,4)5/h8,10,13-14,16-17,19-20,22-23,35-36H,6-7,9,11-12,15,18,21,24-34H2,1-5H3/p+1/b10-8-,14-13-,17-16-,20-19-,23-22-. The number of esters is 2. The van der Waals surface area contributed by atoms with Crippen LogP contribution in [0.5, 0.6) is 0 Å². The smallest absolute Gasteiger partial charge is 0.362 e. The van der Waals surface area contributed by atoms with Gasteiger partial charge in [0.2, 0.25) is 0 Å². The van der Waals surface area contributed by atoms with E-state index < -0.39 is 18.1 Å². The number of quaternary nitrogens is 1. The SMILES string of the molecule is CC/C=C\C/C=C\C/C=C\C/C=C\C/C=C\CCCCCC(=O)OC(COCCC(C(=O)O)[N+](C)(C)C)COC(=O)CCCCCC. The van der Waals surface area contributed by atoms with E-state index in [0.717, 1.165) is 83.5 Å². The lowest BCUT2D eigenvalue weighted by Gasteiger charge is -2.31. The highest BCUT2D eigenvalue weighted by atomic mass is 16.6. The van der Waals surface area contributed by atoms with Crippen LogP contribution in [-0.4, -0.2) is 80.6 Å². The molecule has 0 saturated heterocycles. The molecule has 47 heavy (non-hydrogen) atoms. The Bertz CT molecular complexity index is 959. The molecular weight excluding hydrogens is 594 g/mol. The highest BCUT2D eigenvalue weighted by molar-refractivity contribution is 5.72. The van der Waals surface area contributed by atoms with Gasteiger partial charge in [0, 0.05) is 19.3 Å². The summed E-state index contributed by atoms with van der Waals surface area (Å²) in [6.07, 6.45) is 34.6. The molecule has 0 aromatic rings. The predicted octanol–water partition coefficient (Wildman–Crippen LogP) is 8.68. The van der Waals surface area contributed by atoms with Crippen LogP contribution in [0.4, 0.5) is 0 Å². The Morgan fingerprint density at radius 1 is 0.660 bits per heavy atom. The average Bonchev–Trinajstić information content (AvgIpc) is 3.02. The van der Waals surface area contributed by atoms with E-state index in [2.05, 4.69) is 74.6 Å². The third-order valence-corrected chi connectivity index (χ3v) is 7.43. The Morgan fingerprint density at radius 2 is 1.19 bits per heavy atom. The van der Waals surface area contributed by atoms with Crippen LogP contribution in [0.15, 0.2) is 60.8 Å². The molecule has 0 fully saturated rings. The topological polar surface area (TPSA) is 99.1 Å². The minimum absolute atomic E-state index is 0.0441. The molecule has 0 aliphatic carbocycles.